The van der Waals surface area contributed by atoms with E-state index in [0.29, 0.717) is 11.1 Å². The number of nitro groups is 1. The van der Waals surface area contributed by atoms with Crippen LogP contribution in [0.15, 0.2) is 18.2 Å². The average molecular weight is 282 g/mol. The van der Waals surface area contributed by atoms with Crippen molar-refractivity contribution in [1.82, 2.24) is 9.97 Å². The van der Waals surface area contributed by atoms with Gasteiger partial charge in [0.1, 0.15) is 11.5 Å². The minimum atomic E-state index is -0.570. The van der Waals surface area contributed by atoms with Gasteiger partial charge in [-0.25, -0.2) is 14.4 Å². The maximum absolute atomic E-state index is 13.2. The average Bonchev–Trinajstić information content (AvgIpc) is 2.31. The van der Waals surface area contributed by atoms with Crippen LogP contribution in [0.1, 0.15) is 11.3 Å². The summed E-state index contributed by atoms with van der Waals surface area (Å²) in [6, 6.07) is 4.15. The number of aryl methyl sites for hydroxylation is 2. The minimum Gasteiger partial charge on any atom is -0.258 e. The van der Waals surface area contributed by atoms with Crippen molar-refractivity contribution in [3.05, 3.63) is 50.7 Å². The largest absolute Gasteiger partial charge is 0.316 e. The van der Waals surface area contributed by atoms with Gasteiger partial charge in [-0.1, -0.05) is 0 Å². The molecule has 0 amide bonds. The lowest BCUT2D eigenvalue weighted by Gasteiger charge is -2.06. The smallest absolute Gasteiger partial charge is 0.258 e. The third-order valence-corrected chi connectivity index (χ3v) is 2.81. The van der Waals surface area contributed by atoms with Crippen molar-refractivity contribution >= 4 is 17.3 Å². The molecule has 0 unspecified atom stereocenters. The van der Waals surface area contributed by atoms with Gasteiger partial charge in [-0.15, -0.1) is 0 Å². The van der Waals surface area contributed by atoms with Gasteiger partial charge in [-0.2, -0.15) is 0 Å². The molecule has 0 spiro atoms. The molecule has 0 radical (unpaired) electrons. The van der Waals surface area contributed by atoms with Crippen LogP contribution in [-0.4, -0.2) is 14.9 Å². The predicted molar refractivity (Wildman–Crippen MR) is 68.6 cm³/mol. The first-order valence-corrected chi connectivity index (χ1v) is 5.73. The molecule has 0 aliphatic carbocycles. The van der Waals surface area contributed by atoms with Gasteiger partial charge in [0.15, 0.2) is 5.69 Å². The lowest BCUT2D eigenvalue weighted by atomic mass is 10.1. The van der Waals surface area contributed by atoms with E-state index in [1.165, 1.54) is 25.1 Å². The highest BCUT2D eigenvalue weighted by atomic mass is 35.5. The maximum atomic E-state index is 13.2. The Morgan fingerprint density at radius 2 is 2.00 bits per heavy atom. The topological polar surface area (TPSA) is 68.9 Å². The fraction of sp³-hybridized carbons (Fsp3) is 0.167. The molecule has 0 aliphatic heterocycles. The van der Waals surface area contributed by atoms with E-state index in [4.69, 9.17) is 11.6 Å². The monoisotopic (exact) mass is 281 g/mol. The molecule has 5 nitrogen and oxygen atoms in total. The number of halogens is 2. The van der Waals surface area contributed by atoms with Crippen molar-refractivity contribution in [3.8, 4) is 11.3 Å². The lowest BCUT2D eigenvalue weighted by molar-refractivity contribution is -0.385. The van der Waals surface area contributed by atoms with Crippen molar-refractivity contribution in [2.45, 2.75) is 13.8 Å². The quantitative estimate of drug-likeness (QED) is 0.480. The lowest BCUT2D eigenvalue weighted by Crippen LogP contribution is -2.01. The molecule has 0 saturated heterocycles. The highest BCUT2D eigenvalue weighted by Crippen LogP contribution is 2.31. The SMILES string of the molecule is Cc1cc(-c2nc(Cl)nc(C)c2[N+](=O)[O-])ccc1F. The summed E-state index contributed by atoms with van der Waals surface area (Å²) in [6.45, 7) is 3.05. The number of nitrogens with zero attached hydrogens (tertiary/aromatic N) is 3. The van der Waals surface area contributed by atoms with Crippen LogP contribution in [0.5, 0.6) is 0 Å². The van der Waals surface area contributed by atoms with Crippen LogP contribution < -0.4 is 0 Å². The number of benzene rings is 1. The molecule has 0 aliphatic rings. The van der Waals surface area contributed by atoms with Crippen LogP contribution in [0.4, 0.5) is 10.1 Å². The van der Waals surface area contributed by atoms with E-state index >= 15 is 0 Å². The molecule has 0 atom stereocenters. The Hall–Kier alpha value is -2.08. The second kappa shape index (κ2) is 4.89. The van der Waals surface area contributed by atoms with Crippen LogP contribution >= 0.6 is 11.6 Å². The van der Waals surface area contributed by atoms with Crippen molar-refractivity contribution < 1.29 is 9.31 Å². The first-order chi connectivity index (χ1) is 8.90. The molecule has 1 aromatic heterocycles. The van der Waals surface area contributed by atoms with Gasteiger partial charge >= 0.3 is 5.69 Å². The Labute approximate surface area is 113 Å². The summed E-state index contributed by atoms with van der Waals surface area (Å²) >= 11 is 5.73. The van der Waals surface area contributed by atoms with E-state index < -0.39 is 4.92 Å². The summed E-state index contributed by atoms with van der Waals surface area (Å²) < 4.78 is 13.2. The number of hydrogen-bond donors (Lipinski definition) is 0. The summed E-state index contributed by atoms with van der Waals surface area (Å²) in [5.74, 6) is -0.386. The summed E-state index contributed by atoms with van der Waals surface area (Å²) in [4.78, 5) is 18.2. The number of rotatable bonds is 2. The molecule has 1 aromatic carbocycles. The third kappa shape index (κ3) is 2.53. The zero-order valence-electron chi connectivity index (χ0n) is 10.1. The molecule has 0 fully saturated rings. The second-order valence-electron chi connectivity index (χ2n) is 4.00. The van der Waals surface area contributed by atoms with E-state index in [1.807, 2.05) is 0 Å². The molecule has 2 rings (SSSR count). The second-order valence-corrected chi connectivity index (χ2v) is 4.33. The van der Waals surface area contributed by atoms with Crippen LogP contribution in [0.2, 0.25) is 5.28 Å². The van der Waals surface area contributed by atoms with Gasteiger partial charge in [-0.3, -0.25) is 10.1 Å². The normalized spacial score (nSPS) is 10.5. The standard InChI is InChI=1S/C12H9ClFN3O2/c1-6-5-8(3-4-9(6)14)10-11(17(18)19)7(2)15-12(13)16-10/h3-5H,1-2H3. The van der Waals surface area contributed by atoms with Gasteiger partial charge in [0.2, 0.25) is 5.28 Å². The summed E-state index contributed by atoms with van der Waals surface area (Å²) in [5.41, 5.74) is 0.833. The van der Waals surface area contributed by atoms with Crippen LogP contribution in [0, 0.1) is 29.8 Å². The molecule has 0 N–H and O–H groups in total. The van der Waals surface area contributed by atoms with Crippen molar-refractivity contribution in [3.63, 3.8) is 0 Å². The number of aromatic nitrogens is 2. The van der Waals surface area contributed by atoms with Crippen LogP contribution in [0.25, 0.3) is 11.3 Å². The Morgan fingerprint density at radius 3 is 2.58 bits per heavy atom. The fourth-order valence-corrected chi connectivity index (χ4v) is 1.96. The Morgan fingerprint density at radius 1 is 1.32 bits per heavy atom. The molecule has 98 valence electrons. The molecule has 2 aromatic rings. The first-order valence-electron chi connectivity index (χ1n) is 5.35. The van der Waals surface area contributed by atoms with Gasteiger partial charge in [0.05, 0.1) is 4.92 Å². The first kappa shape index (κ1) is 13.4. The molecule has 0 saturated carbocycles. The van der Waals surface area contributed by atoms with Crippen molar-refractivity contribution in [1.29, 1.82) is 0 Å². The predicted octanol–water partition coefficient (Wildman–Crippen LogP) is 3.46. The summed E-state index contributed by atoms with van der Waals surface area (Å²) in [5, 5.41) is 11.0. The fourth-order valence-electron chi connectivity index (χ4n) is 1.74. The van der Waals surface area contributed by atoms with Gasteiger partial charge in [0.25, 0.3) is 0 Å². The Kier molecular flexibility index (Phi) is 3.44. The van der Waals surface area contributed by atoms with Gasteiger partial charge in [0, 0.05) is 5.56 Å². The van der Waals surface area contributed by atoms with Gasteiger partial charge < -0.3 is 0 Å². The summed E-state index contributed by atoms with van der Waals surface area (Å²) in [6.07, 6.45) is 0. The highest BCUT2D eigenvalue weighted by molar-refractivity contribution is 6.28. The van der Waals surface area contributed by atoms with E-state index in [1.54, 1.807) is 6.92 Å². The molecule has 7 heteroatoms. The van der Waals surface area contributed by atoms with E-state index in [-0.39, 0.29) is 28.2 Å². The molecular weight excluding hydrogens is 273 g/mol. The third-order valence-electron chi connectivity index (χ3n) is 2.64. The summed E-state index contributed by atoms with van der Waals surface area (Å²) in [7, 11) is 0. The molecule has 19 heavy (non-hydrogen) atoms. The Balaban J connectivity index is 2.73. The molecule has 0 bridgehead atoms. The van der Waals surface area contributed by atoms with Crippen molar-refractivity contribution in [2.75, 3.05) is 0 Å². The van der Waals surface area contributed by atoms with Crippen molar-refractivity contribution in [2.24, 2.45) is 0 Å². The van der Waals surface area contributed by atoms with E-state index in [9.17, 15) is 14.5 Å². The van der Waals surface area contributed by atoms with E-state index in [0.717, 1.165) is 0 Å². The highest BCUT2D eigenvalue weighted by Gasteiger charge is 2.23. The Bertz CT molecular complexity index is 676. The maximum Gasteiger partial charge on any atom is 0.316 e. The molecule has 1 heterocycles. The van der Waals surface area contributed by atoms with E-state index in [2.05, 4.69) is 9.97 Å². The number of hydrogen-bond acceptors (Lipinski definition) is 4. The molecular formula is C12H9ClFN3O2. The zero-order valence-corrected chi connectivity index (χ0v) is 10.9. The van der Waals surface area contributed by atoms with Gasteiger partial charge in [-0.05, 0) is 49.2 Å². The minimum absolute atomic E-state index is 0.0833. The van der Waals surface area contributed by atoms with Crippen LogP contribution in [0.3, 0.4) is 0 Å². The van der Waals surface area contributed by atoms with Crippen LogP contribution in [-0.2, 0) is 0 Å². The zero-order chi connectivity index (χ0) is 14.2.